The van der Waals surface area contributed by atoms with Gasteiger partial charge in [-0.3, -0.25) is 9.59 Å². The molecule has 1 aliphatic heterocycles. The van der Waals surface area contributed by atoms with Crippen LogP contribution in [0.15, 0.2) is 48.5 Å². The summed E-state index contributed by atoms with van der Waals surface area (Å²) in [5.74, 6) is 0.180. The summed E-state index contributed by atoms with van der Waals surface area (Å²) in [4.78, 5) is 27.8. The van der Waals surface area contributed by atoms with E-state index in [4.69, 9.17) is 0 Å². The lowest BCUT2D eigenvalue weighted by atomic mass is 10.1. The summed E-state index contributed by atoms with van der Waals surface area (Å²) in [5.41, 5.74) is 2.68. The molecule has 0 bridgehead atoms. The topological polar surface area (TPSA) is 72.9 Å². The first-order chi connectivity index (χ1) is 12.9. The van der Waals surface area contributed by atoms with Crippen LogP contribution in [0.2, 0.25) is 0 Å². The molecule has 1 heterocycles. The highest BCUT2D eigenvalue weighted by atomic mass is 16.3. The number of rotatable bonds is 5. The van der Waals surface area contributed by atoms with Crippen molar-refractivity contribution in [3.05, 3.63) is 54.1 Å². The normalized spacial score (nSPS) is 16.2. The largest absolute Gasteiger partial charge is 0.508 e. The zero-order valence-electron chi connectivity index (χ0n) is 15.7. The Bertz CT molecular complexity index is 802. The van der Waals surface area contributed by atoms with Gasteiger partial charge in [0.25, 0.3) is 0 Å². The number of carbonyl (C=O) groups excluding carboxylic acids is 2. The molecule has 0 spiro atoms. The molecule has 2 aromatic carbocycles. The van der Waals surface area contributed by atoms with E-state index in [1.54, 1.807) is 36.1 Å². The van der Waals surface area contributed by atoms with Crippen molar-refractivity contribution in [3.63, 3.8) is 0 Å². The Labute approximate surface area is 159 Å². The van der Waals surface area contributed by atoms with Crippen molar-refractivity contribution in [3.8, 4) is 5.75 Å². The van der Waals surface area contributed by atoms with Gasteiger partial charge in [0.2, 0.25) is 11.8 Å². The average molecular weight is 367 g/mol. The van der Waals surface area contributed by atoms with E-state index in [1.165, 1.54) is 0 Å². The molecular formula is C21H25N3O3. The lowest BCUT2D eigenvalue weighted by Crippen LogP contribution is -2.37. The summed E-state index contributed by atoms with van der Waals surface area (Å²) < 4.78 is 0. The van der Waals surface area contributed by atoms with E-state index < -0.39 is 0 Å². The van der Waals surface area contributed by atoms with Crippen LogP contribution in [-0.4, -0.2) is 48.0 Å². The van der Waals surface area contributed by atoms with Gasteiger partial charge in [0.15, 0.2) is 0 Å². The van der Waals surface area contributed by atoms with Gasteiger partial charge in [0.1, 0.15) is 5.75 Å². The maximum Gasteiger partial charge on any atom is 0.228 e. The zero-order valence-corrected chi connectivity index (χ0v) is 15.7. The van der Waals surface area contributed by atoms with Gasteiger partial charge in [0, 0.05) is 38.4 Å². The molecule has 0 aliphatic carbocycles. The number of likely N-dealkylation sites (N-methyl/N-ethyl adjacent to an activating group) is 1. The van der Waals surface area contributed by atoms with E-state index in [9.17, 15) is 14.7 Å². The molecule has 1 atom stereocenters. The summed E-state index contributed by atoms with van der Waals surface area (Å²) >= 11 is 0. The minimum absolute atomic E-state index is 0.0912. The fourth-order valence-corrected chi connectivity index (χ4v) is 3.31. The minimum atomic E-state index is -0.0993. The molecule has 142 valence electrons. The first-order valence-electron chi connectivity index (χ1n) is 9.08. The monoisotopic (exact) mass is 367 g/mol. The lowest BCUT2D eigenvalue weighted by molar-refractivity contribution is -0.129. The molecule has 1 fully saturated rings. The molecule has 0 saturated carbocycles. The molecule has 1 unspecified atom stereocenters. The Kier molecular flexibility index (Phi) is 5.64. The quantitative estimate of drug-likeness (QED) is 0.852. The number of nitrogens with one attached hydrogen (secondary N) is 1. The molecule has 1 saturated heterocycles. The van der Waals surface area contributed by atoms with Crippen LogP contribution in [0.5, 0.6) is 5.75 Å². The fourth-order valence-electron chi connectivity index (χ4n) is 3.31. The second-order valence-electron chi connectivity index (χ2n) is 6.96. The van der Waals surface area contributed by atoms with Gasteiger partial charge in [-0.2, -0.15) is 0 Å². The highest BCUT2D eigenvalue weighted by molar-refractivity contribution is 5.92. The van der Waals surface area contributed by atoms with Crippen molar-refractivity contribution >= 4 is 23.2 Å². The third kappa shape index (κ3) is 4.78. The number of nitrogens with zero attached hydrogens (tertiary/aromatic N) is 2. The lowest BCUT2D eigenvalue weighted by Gasteiger charge is -2.24. The minimum Gasteiger partial charge on any atom is -0.508 e. The zero-order chi connectivity index (χ0) is 19.4. The van der Waals surface area contributed by atoms with Crippen LogP contribution in [0.4, 0.5) is 11.4 Å². The number of hydrogen-bond acceptors (Lipinski definition) is 4. The predicted molar refractivity (Wildman–Crippen MR) is 106 cm³/mol. The molecule has 6 nitrogen and oxygen atoms in total. The second kappa shape index (κ2) is 8.12. The Morgan fingerprint density at radius 1 is 1.15 bits per heavy atom. The number of hydrogen-bond donors (Lipinski definition) is 2. The maximum atomic E-state index is 12.2. The summed E-state index contributed by atoms with van der Waals surface area (Å²) in [6.07, 6.45) is 1.22. The number of carbonyl (C=O) groups is 2. The van der Waals surface area contributed by atoms with Crippen LogP contribution in [0, 0.1) is 0 Å². The summed E-state index contributed by atoms with van der Waals surface area (Å²) in [5, 5.41) is 12.2. The van der Waals surface area contributed by atoms with Crippen LogP contribution in [-0.2, 0) is 16.0 Å². The Morgan fingerprint density at radius 3 is 2.44 bits per heavy atom. The van der Waals surface area contributed by atoms with Gasteiger partial charge in [0.05, 0.1) is 12.5 Å². The van der Waals surface area contributed by atoms with Crippen molar-refractivity contribution < 1.29 is 14.7 Å². The average Bonchev–Trinajstić information content (AvgIpc) is 3.13. The molecule has 0 radical (unpaired) electrons. The highest BCUT2D eigenvalue weighted by Gasteiger charge is 2.27. The first-order valence-corrected chi connectivity index (χ1v) is 9.08. The van der Waals surface area contributed by atoms with Gasteiger partial charge < -0.3 is 20.2 Å². The standard InChI is InChI=1S/C21H25N3O3/c1-15(25)23(2)19-11-12-24(14-19)18-7-5-17(6-8-18)22-21(27)13-16-3-9-20(26)10-4-16/h3-10,19,26H,11-14H2,1-2H3,(H,22,27). The summed E-state index contributed by atoms with van der Waals surface area (Å²) in [6.45, 7) is 3.33. The second-order valence-corrected chi connectivity index (χ2v) is 6.96. The molecule has 0 aromatic heterocycles. The number of amides is 2. The molecule has 6 heteroatoms. The third-order valence-electron chi connectivity index (χ3n) is 5.03. The molecule has 3 rings (SSSR count). The Balaban J connectivity index is 1.55. The smallest absolute Gasteiger partial charge is 0.228 e. The molecule has 27 heavy (non-hydrogen) atoms. The van der Waals surface area contributed by atoms with Crippen LogP contribution < -0.4 is 10.2 Å². The SMILES string of the molecule is CC(=O)N(C)C1CCN(c2ccc(NC(=O)Cc3ccc(O)cc3)cc2)C1. The van der Waals surface area contributed by atoms with Crippen molar-refractivity contribution in [2.75, 3.05) is 30.4 Å². The number of aromatic hydroxyl groups is 1. The van der Waals surface area contributed by atoms with E-state index >= 15 is 0 Å². The van der Waals surface area contributed by atoms with E-state index in [-0.39, 0.29) is 30.0 Å². The number of benzene rings is 2. The Morgan fingerprint density at radius 2 is 1.81 bits per heavy atom. The van der Waals surface area contributed by atoms with E-state index in [0.29, 0.717) is 0 Å². The number of anilines is 2. The van der Waals surface area contributed by atoms with Crippen molar-refractivity contribution in [1.29, 1.82) is 0 Å². The predicted octanol–water partition coefficient (Wildman–Crippen LogP) is 2.63. The number of phenolic OH excluding ortho intramolecular Hbond substituents is 1. The van der Waals surface area contributed by atoms with E-state index in [0.717, 1.165) is 36.4 Å². The fraction of sp³-hybridized carbons (Fsp3) is 0.333. The van der Waals surface area contributed by atoms with E-state index in [2.05, 4.69) is 10.2 Å². The molecule has 1 aliphatic rings. The Hall–Kier alpha value is -3.02. The molecule has 2 amide bonds. The first kappa shape index (κ1) is 18.8. The van der Waals surface area contributed by atoms with Gasteiger partial charge in [-0.15, -0.1) is 0 Å². The van der Waals surface area contributed by atoms with Crippen LogP contribution >= 0.6 is 0 Å². The van der Waals surface area contributed by atoms with Gasteiger partial charge in [-0.25, -0.2) is 0 Å². The summed E-state index contributed by atoms with van der Waals surface area (Å²) in [6, 6.07) is 14.6. The molecular weight excluding hydrogens is 342 g/mol. The number of phenols is 1. The summed E-state index contributed by atoms with van der Waals surface area (Å²) in [7, 11) is 1.85. The third-order valence-corrected chi connectivity index (χ3v) is 5.03. The van der Waals surface area contributed by atoms with Crippen LogP contribution in [0.1, 0.15) is 18.9 Å². The van der Waals surface area contributed by atoms with Gasteiger partial charge in [-0.05, 0) is 48.4 Å². The van der Waals surface area contributed by atoms with Crippen LogP contribution in [0.3, 0.4) is 0 Å². The van der Waals surface area contributed by atoms with Gasteiger partial charge in [-0.1, -0.05) is 12.1 Å². The van der Waals surface area contributed by atoms with Crippen molar-refractivity contribution in [2.45, 2.75) is 25.8 Å². The van der Waals surface area contributed by atoms with Gasteiger partial charge >= 0.3 is 0 Å². The molecule has 2 aromatic rings. The van der Waals surface area contributed by atoms with E-state index in [1.807, 2.05) is 31.3 Å². The van der Waals surface area contributed by atoms with Crippen molar-refractivity contribution in [2.24, 2.45) is 0 Å². The maximum absolute atomic E-state index is 12.2. The molecule has 2 N–H and O–H groups in total. The van der Waals surface area contributed by atoms with Crippen LogP contribution in [0.25, 0.3) is 0 Å². The van der Waals surface area contributed by atoms with Crippen molar-refractivity contribution in [1.82, 2.24) is 4.90 Å². The highest BCUT2D eigenvalue weighted by Crippen LogP contribution is 2.24.